The van der Waals surface area contributed by atoms with Crippen LogP contribution in [0.15, 0.2) is 42.5 Å². The Bertz CT molecular complexity index is 1030. The van der Waals surface area contributed by atoms with Crippen LogP contribution < -0.4 is 11.5 Å². The fraction of sp³-hybridized carbons (Fsp3) is 0.273. The SMILES string of the molecule is Cl.Cl.NC1(N)CCC(c2nc(C=Cc3ccc(Cl)cc3)nc3ccc(O)cc23)CC1. The number of rotatable bonds is 3. The molecule has 1 aromatic heterocycles. The lowest BCUT2D eigenvalue weighted by Gasteiger charge is -2.34. The van der Waals surface area contributed by atoms with E-state index < -0.39 is 5.66 Å². The maximum Gasteiger partial charge on any atom is 0.152 e. The van der Waals surface area contributed by atoms with Gasteiger partial charge in [-0.15, -0.1) is 24.8 Å². The Morgan fingerprint density at radius 2 is 1.63 bits per heavy atom. The Morgan fingerprint density at radius 3 is 2.30 bits per heavy atom. The highest BCUT2D eigenvalue weighted by Crippen LogP contribution is 2.37. The number of halogens is 3. The summed E-state index contributed by atoms with van der Waals surface area (Å²) < 4.78 is 0. The zero-order valence-electron chi connectivity index (χ0n) is 16.3. The van der Waals surface area contributed by atoms with Crippen LogP contribution in [0.25, 0.3) is 23.1 Å². The van der Waals surface area contributed by atoms with Crippen molar-refractivity contribution >= 4 is 59.5 Å². The molecule has 0 spiro atoms. The smallest absolute Gasteiger partial charge is 0.152 e. The van der Waals surface area contributed by atoms with Crippen LogP contribution in [0, 0.1) is 0 Å². The van der Waals surface area contributed by atoms with Crippen molar-refractivity contribution in [1.29, 1.82) is 0 Å². The van der Waals surface area contributed by atoms with Gasteiger partial charge >= 0.3 is 0 Å². The van der Waals surface area contributed by atoms with Gasteiger partial charge in [0.05, 0.1) is 16.9 Å². The Hall–Kier alpha value is -1.89. The quantitative estimate of drug-likeness (QED) is 0.456. The van der Waals surface area contributed by atoms with Crippen LogP contribution in [-0.2, 0) is 0 Å². The molecular formula is C22H25Cl3N4O. The monoisotopic (exact) mass is 466 g/mol. The first kappa shape index (κ1) is 24.4. The van der Waals surface area contributed by atoms with Crippen LogP contribution in [0.5, 0.6) is 5.75 Å². The molecule has 0 radical (unpaired) electrons. The van der Waals surface area contributed by atoms with E-state index in [1.165, 1.54) is 0 Å². The molecule has 2 aromatic carbocycles. The lowest BCUT2D eigenvalue weighted by molar-refractivity contribution is 0.279. The minimum Gasteiger partial charge on any atom is -0.508 e. The second-order valence-corrected chi connectivity index (χ2v) is 8.00. The summed E-state index contributed by atoms with van der Waals surface area (Å²) in [4.78, 5) is 9.48. The predicted octanol–water partition coefficient (Wildman–Crippen LogP) is 5.27. The van der Waals surface area contributed by atoms with Crippen molar-refractivity contribution in [3.63, 3.8) is 0 Å². The number of nitrogens with two attached hydrogens (primary N) is 2. The van der Waals surface area contributed by atoms with Gasteiger partial charge in [0.2, 0.25) is 0 Å². The van der Waals surface area contributed by atoms with E-state index in [9.17, 15) is 5.11 Å². The number of phenolic OH excluding ortho intramolecular Hbond substituents is 1. The molecular weight excluding hydrogens is 443 g/mol. The topological polar surface area (TPSA) is 98.1 Å². The second kappa shape index (κ2) is 9.94. The van der Waals surface area contributed by atoms with Gasteiger partial charge in [-0.3, -0.25) is 0 Å². The number of benzene rings is 2. The number of phenols is 1. The van der Waals surface area contributed by atoms with Crippen molar-refractivity contribution in [2.75, 3.05) is 0 Å². The van der Waals surface area contributed by atoms with Gasteiger partial charge in [-0.25, -0.2) is 9.97 Å². The molecule has 160 valence electrons. The van der Waals surface area contributed by atoms with Crippen molar-refractivity contribution in [2.45, 2.75) is 37.3 Å². The van der Waals surface area contributed by atoms with Gasteiger partial charge in [-0.05, 0) is 67.7 Å². The van der Waals surface area contributed by atoms with E-state index >= 15 is 0 Å². The number of fused-ring (bicyclic) bond motifs is 1. The van der Waals surface area contributed by atoms with Crippen LogP contribution in [0.4, 0.5) is 0 Å². The summed E-state index contributed by atoms with van der Waals surface area (Å²) in [5.74, 6) is 1.10. The second-order valence-electron chi connectivity index (χ2n) is 7.56. The third-order valence-corrected chi connectivity index (χ3v) is 5.58. The number of aromatic hydroxyl groups is 1. The van der Waals surface area contributed by atoms with Gasteiger partial charge in [-0.2, -0.15) is 0 Å². The maximum atomic E-state index is 9.96. The van der Waals surface area contributed by atoms with E-state index in [1.54, 1.807) is 12.1 Å². The van der Waals surface area contributed by atoms with Gasteiger partial charge in [-0.1, -0.05) is 29.8 Å². The summed E-state index contributed by atoms with van der Waals surface area (Å²) in [7, 11) is 0. The molecule has 0 atom stereocenters. The largest absolute Gasteiger partial charge is 0.508 e. The maximum absolute atomic E-state index is 9.96. The minimum atomic E-state index is -0.598. The molecule has 1 aliphatic rings. The van der Waals surface area contributed by atoms with Crippen molar-refractivity contribution in [1.82, 2.24) is 9.97 Å². The molecule has 0 unspecified atom stereocenters. The van der Waals surface area contributed by atoms with Crippen molar-refractivity contribution in [3.05, 3.63) is 64.6 Å². The number of hydrogen-bond acceptors (Lipinski definition) is 5. The Morgan fingerprint density at radius 1 is 0.967 bits per heavy atom. The normalized spacial score (nSPS) is 16.2. The average Bonchev–Trinajstić information content (AvgIpc) is 2.67. The third kappa shape index (κ3) is 5.62. The highest BCUT2D eigenvalue weighted by molar-refractivity contribution is 6.30. The standard InChI is InChI=1S/C22H23ClN4O.2ClH/c23-16-4-1-14(2-5-16)3-8-20-26-19-7-6-17(28)13-18(19)21(27-20)15-9-11-22(24,25)12-10-15;;/h1-8,13,15,28H,9-12,24-25H2;2*1H. The van der Waals surface area contributed by atoms with Gasteiger partial charge < -0.3 is 16.6 Å². The number of nitrogens with zero attached hydrogens (tertiary/aromatic N) is 2. The first-order valence-electron chi connectivity index (χ1n) is 9.42. The molecule has 8 heteroatoms. The summed E-state index contributed by atoms with van der Waals surface area (Å²) in [5, 5.41) is 11.5. The van der Waals surface area contributed by atoms with Gasteiger partial charge in [0.25, 0.3) is 0 Å². The fourth-order valence-electron chi connectivity index (χ4n) is 3.72. The average molecular weight is 468 g/mol. The van der Waals surface area contributed by atoms with Gasteiger partial charge in [0.1, 0.15) is 5.75 Å². The van der Waals surface area contributed by atoms with Gasteiger partial charge in [0.15, 0.2) is 5.82 Å². The van der Waals surface area contributed by atoms with Crippen LogP contribution in [0.3, 0.4) is 0 Å². The first-order chi connectivity index (χ1) is 13.4. The molecule has 5 N–H and O–H groups in total. The summed E-state index contributed by atoms with van der Waals surface area (Å²) in [5.41, 5.74) is 14.4. The molecule has 1 aliphatic carbocycles. The Balaban J connectivity index is 0.00000160. The predicted molar refractivity (Wildman–Crippen MR) is 128 cm³/mol. The minimum absolute atomic E-state index is 0. The fourth-order valence-corrected chi connectivity index (χ4v) is 3.84. The van der Waals surface area contributed by atoms with E-state index in [-0.39, 0.29) is 36.5 Å². The summed E-state index contributed by atoms with van der Waals surface area (Å²) in [6.07, 6.45) is 7.10. The molecule has 4 rings (SSSR count). The lowest BCUT2D eigenvalue weighted by Crippen LogP contribution is -2.51. The molecule has 0 saturated heterocycles. The van der Waals surface area contributed by atoms with E-state index in [4.69, 9.17) is 28.1 Å². The van der Waals surface area contributed by atoms with Crippen LogP contribution in [-0.4, -0.2) is 20.7 Å². The Labute approximate surface area is 193 Å². The molecule has 3 aromatic rings. The highest BCUT2D eigenvalue weighted by Gasteiger charge is 2.30. The van der Waals surface area contributed by atoms with E-state index in [2.05, 4.69) is 4.98 Å². The van der Waals surface area contributed by atoms with Crippen molar-refractivity contribution in [2.24, 2.45) is 11.5 Å². The van der Waals surface area contributed by atoms with E-state index in [0.717, 1.165) is 47.8 Å². The van der Waals surface area contributed by atoms with Gasteiger partial charge in [0, 0.05) is 16.3 Å². The molecule has 5 nitrogen and oxygen atoms in total. The van der Waals surface area contributed by atoms with E-state index in [0.29, 0.717) is 10.8 Å². The highest BCUT2D eigenvalue weighted by atomic mass is 35.5. The summed E-state index contributed by atoms with van der Waals surface area (Å²) >= 11 is 5.95. The molecule has 1 fully saturated rings. The summed E-state index contributed by atoms with van der Waals surface area (Å²) in [6, 6.07) is 12.8. The van der Waals surface area contributed by atoms with Crippen molar-refractivity contribution in [3.8, 4) is 5.75 Å². The Kier molecular flexibility index (Phi) is 8.08. The van der Waals surface area contributed by atoms with Crippen LogP contribution in [0.1, 0.15) is 48.7 Å². The first-order valence-corrected chi connectivity index (χ1v) is 9.79. The lowest BCUT2D eigenvalue weighted by atomic mass is 9.80. The molecule has 0 amide bonds. The third-order valence-electron chi connectivity index (χ3n) is 5.32. The molecule has 0 aliphatic heterocycles. The zero-order valence-corrected chi connectivity index (χ0v) is 18.7. The zero-order chi connectivity index (χ0) is 19.7. The van der Waals surface area contributed by atoms with Crippen molar-refractivity contribution < 1.29 is 5.11 Å². The molecule has 1 heterocycles. The molecule has 0 bridgehead atoms. The molecule has 1 saturated carbocycles. The number of aromatic nitrogens is 2. The van der Waals surface area contributed by atoms with E-state index in [1.807, 2.05) is 42.5 Å². The van der Waals surface area contributed by atoms with Crippen LogP contribution in [0.2, 0.25) is 5.02 Å². The summed E-state index contributed by atoms with van der Waals surface area (Å²) in [6.45, 7) is 0. The molecule has 30 heavy (non-hydrogen) atoms. The number of hydrogen-bond donors (Lipinski definition) is 3. The van der Waals surface area contributed by atoms with Crippen LogP contribution >= 0.6 is 36.4 Å².